The number of nitrogens with zero attached hydrogens (tertiary/aromatic N) is 3. The van der Waals surface area contributed by atoms with Crippen molar-refractivity contribution < 1.29 is 22.7 Å². The first-order chi connectivity index (χ1) is 17.2. The van der Waals surface area contributed by atoms with Crippen LogP contribution in [0.4, 0.5) is 19.1 Å². The summed E-state index contributed by atoms with van der Waals surface area (Å²) in [5.74, 6) is 0.0543. The number of carbonyl (C=O) groups excluding carboxylic acids is 1. The molecular weight excluding hydrogens is 471 g/mol. The Morgan fingerprint density at radius 1 is 0.917 bits per heavy atom. The number of rotatable bonds is 13. The fraction of sp³-hybridized carbons (Fsp3) is 0.593. The van der Waals surface area contributed by atoms with Gasteiger partial charge in [-0.15, -0.1) is 0 Å². The predicted octanol–water partition coefficient (Wildman–Crippen LogP) is 6.45. The molecule has 0 saturated carbocycles. The van der Waals surface area contributed by atoms with E-state index in [4.69, 9.17) is 4.74 Å². The lowest BCUT2D eigenvalue weighted by Gasteiger charge is -2.29. The number of benzene rings is 1. The highest BCUT2D eigenvalue weighted by atomic mass is 19.4. The molecule has 0 bridgehead atoms. The lowest BCUT2D eigenvalue weighted by atomic mass is 9.85. The second kappa shape index (κ2) is 11.9. The van der Waals surface area contributed by atoms with Gasteiger partial charge in [0.1, 0.15) is 11.3 Å². The molecule has 6 nitrogen and oxygen atoms in total. The van der Waals surface area contributed by atoms with E-state index in [9.17, 15) is 22.8 Å². The maximum Gasteiger partial charge on any atom is 0.433 e. The van der Waals surface area contributed by atoms with Crippen molar-refractivity contribution in [3.8, 4) is 5.75 Å². The summed E-state index contributed by atoms with van der Waals surface area (Å²) in [4.78, 5) is 32.4. The monoisotopic (exact) mass is 507 g/mol. The highest BCUT2D eigenvalue weighted by Gasteiger charge is 2.52. The van der Waals surface area contributed by atoms with Gasteiger partial charge in [-0.2, -0.15) is 13.2 Å². The Morgan fingerprint density at radius 2 is 1.50 bits per heavy atom. The number of carbonyl (C=O) groups is 1. The summed E-state index contributed by atoms with van der Waals surface area (Å²) in [6.07, 6.45) is 3.18. The standard InChI is InChI=1S/C27H36F3N3O3/c1-4-6-8-10-16-26(17-11-9-7-5-2)24(35)32(19-20-12-14-21(36-3)15-13-20)25-31-22(27(28,29)30)18-23(34)33(25)26/h12-15,18H,4-11,16-17,19H2,1-3H3. The van der Waals surface area contributed by atoms with Gasteiger partial charge in [0.25, 0.3) is 11.5 Å². The zero-order valence-corrected chi connectivity index (χ0v) is 21.4. The summed E-state index contributed by atoms with van der Waals surface area (Å²) in [6, 6.07) is 7.49. The normalized spacial score (nSPS) is 14.8. The molecular formula is C27H36F3N3O3. The van der Waals surface area contributed by atoms with Gasteiger partial charge in [-0.05, 0) is 30.5 Å². The van der Waals surface area contributed by atoms with Gasteiger partial charge in [-0.3, -0.25) is 19.1 Å². The number of halogens is 3. The maximum atomic E-state index is 14.1. The molecule has 1 aliphatic heterocycles. The molecule has 1 aromatic carbocycles. The third-order valence-corrected chi connectivity index (χ3v) is 6.89. The van der Waals surface area contributed by atoms with Crippen LogP contribution in [0.15, 0.2) is 35.1 Å². The number of unbranched alkanes of at least 4 members (excludes halogenated alkanes) is 6. The van der Waals surface area contributed by atoms with E-state index in [1.807, 2.05) is 0 Å². The number of ether oxygens (including phenoxy) is 1. The summed E-state index contributed by atoms with van der Waals surface area (Å²) in [5, 5.41) is 0. The smallest absolute Gasteiger partial charge is 0.433 e. The van der Waals surface area contributed by atoms with Crippen molar-refractivity contribution in [2.75, 3.05) is 12.0 Å². The molecule has 9 heteroatoms. The molecule has 0 saturated heterocycles. The summed E-state index contributed by atoms with van der Waals surface area (Å²) in [7, 11) is 1.54. The number of aromatic nitrogens is 2. The fourth-order valence-corrected chi connectivity index (χ4v) is 4.94. The fourth-order valence-electron chi connectivity index (χ4n) is 4.94. The van der Waals surface area contributed by atoms with Crippen molar-refractivity contribution in [3.05, 3.63) is 51.9 Å². The van der Waals surface area contributed by atoms with Crippen molar-refractivity contribution in [2.45, 2.75) is 96.3 Å². The minimum Gasteiger partial charge on any atom is -0.497 e. The predicted molar refractivity (Wildman–Crippen MR) is 133 cm³/mol. The topological polar surface area (TPSA) is 64.4 Å². The Morgan fingerprint density at radius 3 is 2.00 bits per heavy atom. The number of amides is 1. The van der Waals surface area contributed by atoms with Gasteiger partial charge in [-0.1, -0.05) is 77.3 Å². The zero-order chi connectivity index (χ0) is 26.3. The Kier molecular flexibility index (Phi) is 9.19. The minimum absolute atomic E-state index is 0.0161. The molecule has 0 aliphatic carbocycles. The highest BCUT2D eigenvalue weighted by Crippen LogP contribution is 2.42. The number of hydrogen-bond acceptors (Lipinski definition) is 4. The Labute approximate surface area is 210 Å². The van der Waals surface area contributed by atoms with Crippen LogP contribution in [-0.2, 0) is 23.1 Å². The summed E-state index contributed by atoms with van der Waals surface area (Å²) in [5.41, 5.74) is -2.63. The van der Waals surface area contributed by atoms with E-state index in [0.717, 1.165) is 38.5 Å². The second-order valence-corrected chi connectivity index (χ2v) is 9.51. The van der Waals surface area contributed by atoms with Crippen LogP contribution in [0, 0.1) is 0 Å². The van der Waals surface area contributed by atoms with Gasteiger partial charge in [-0.25, -0.2) is 4.98 Å². The van der Waals surface area contributed by atoms with Crippen molar-refractivity contribution in [3.63, 3.8) is 0 Å². The molecule has 0 fully saturated rings. The van der Waals surface area contributed by atoms with Gasteiger partial charge in [0.15, 0.2) is 5.69 Å². The Hall–Kier alpha value is -2.84. The highest BCUT2D eigenvalue weighted by molar-refractivity contribution is 6.01. The molecule has 0 N–H and O–H groups in total. The van der Waals surface area contributed by atoms with Gasteiger partial charge in [0.2, 0.25) is 5.95 Å². The third-order valence-electron chi connectivity index (χ3n) is 6.89. The summed E-state index contributed by atoms with van der Waals surface area (Å²) in [6.45, 7) is 4.18. The molecule has 0 spiro atoms. The molecule has 0 atom stereocenters. The van der Waals surface area contributed by atoms with Crippen LogP contribution in [0.2, 0.25) is 0 Å². The third kappa shape index (κ3) is 5.93. The molecule has 1 aliphatic rings. The lowest BCUT2D eigenvalue weighted by Crippen LogP contribution is -2.46. The first kappa shape index (κ1) is 27.7. The molecule has 1 aromatic heterocycles. The number of hydrogen-bond donors (Lipinski definition) is 0. The van der Waals surface area contributed by atoms with Crippen LogP contribution in [0.25, 0.3) is 0 Å². The molecule has 2 heterocycles. The van der Waals surface area contributed by atoms with Crippen LogP contribution < -0.4 is 15.2 Å². The van der Waals surface area contributed by atoms with Gasteiger partial charge in [0.05, 0.1) is 13.7 Å². The van der Waals surface area contributed by atoms with Gasteiger partial charge >= 0.3 is 6.18 Å². The minimum atomic E-state index is -4.79. The second-order valence-electron chi connectivity index (χ2n) is 9.51. The quantitative estimate of drug-likeness (QED) is 0.292. The first-order valence-electron chi connectivity index (χ1n) is 12.8. The largest absolute Gasteiger partial charge is 0.497 e. The van der Waals surface area contributed by atoms with E-state index < -0.39 is 23.0 Å². The van der Waals surface area contributed by atoms with Gasteiger partial charge in [0, 0.05) is 6.07 Å². The molecule has 3 rings (SSSR count). The van der Waals surface area contributed by atoms with E-state index >= 15 is 0 Å². The van der Waals surface area contributed by atoms with Crippen molar-refractivity contribution in [2.24, 2.45) is 0 Å². The van der Waals surface area contributed by atoms with Crippen molar-refractivity contribution in [1.82, 2.24) is 9.55 Å². The summed E-state index contributed by atoms with van der Waals surface area (Å²) < 4.78 is 47.3. The van der Waals surface area contributed by atoms with E-state index in [0.29, 0.717) is 43.1 Å². The lowest BCUT2D eigenvalue weighted by molar-refractivity contribution is -0.141. The number of methoxy groups -OCH3 is 1. The number of alkyl halides is 3. The molecule has 0 radical (unpaired) electrons. The van der Waals surface area contributed by atoms with Crippen LogP contribution in [0.5, 0.6) is 5.75 Å². The van der Waals surface area contributed by atoms with Crippen LogP contribution in [0.3, 0.4) is 0 Å². The molecule has 0 unspecified atom stereocenters. The number of fused-ring (bicyclic) bond motifs is 1. The van der Waals surface area contributed by atoms with E-state index in [-0.39, 0.29) is 18.4 Å². The van der Waals surface area contributed by atoms with E-state index in [1.165, 1.54) is 16.6 Å². The molecule has 36 heavy (non-hydrogen) atoms. The van der Waals surface area contributed by atoms with Crippen LogP contribution in [0.1, 0.15) is 89.3 Å². The molecule has 198 valence electrons. The van der Waals surface area contributed by atoms with Crippen LogP contribution in [-0.4, -0.2) is 22.6 Å². The van der Waals surface area contributed by atoms with Gasteiger partial charge < -0.3 is 4.74 Å². The molecule has 2 aromatic rings. The average molecular weight is 508 g/mol. The van der Waals surface area contributed by atoms with Crippen molar-refractivity contribution >= 4 is 11.9 Å². The van der Waals surface area contributed by atoms with Crippen molar-refractivity contribution in [1.29, 1.82) is 0 Å². The maximum absolute atomic E-state index is 14.1. The van der Waals surface area contributed by atoms with E-state index in [1.54, 1.807) is 24.3 Å². The Bertz CT molecular complexity index is 1070. The average Bonchev–Trinajstić information content (AvgIpc) is 3.08. The number of anilines is 1. The SMILES string of the molecule is CCCCCCC1(CCCCCC)C(=O)N(Cc2ccc(OC)cc2)c2nc(C(F)(F)F)cc(=O)n21. The summed E-state index contributed by atoms with van der Waals surface area (Å²) >= 11 is 0. The van der Waals surface area contributed by atoms with Crippen LogP contribution >= 0.6 is 0 Å². The Balaban J connectivity index is 2.10. The molecule has 1 amide bonds. The van der Waals surface area contributed by atoms with E-state index in [2.05, 4.69) is 18.8 Å². The first-order valence-corrected chi connectivity index (χ1v) is 12.8. The zero-order valence-electron chi connectivity index (χ0n) is 21.4.